The summed E-state index contributed by atoms with van der Waals surface area (Å²) in [5.74, 6) is -0.246. The largest absolute Gasteiger partial charge is 0.308 e. The number of amides is 1. The maximum absolute atomic E-state index is 13.0. The van der Waals surface area contributed by atoms with E-state index in [0.29, 0.717) is 5.82 Å². The van der Waals surface area contributed by atoms with Crippen LogP contribution in [0, 0.1) is 0 Å². The molecule has 2 N–H and O–H groups in total. The second kappa shape index (κ2) is 8.96. The van der Waals surface area contributed by atoms with Gasteiger partial charge < -0.3 is 5.32 Å². The van der Waals surface area contributed by atoms with Gasteiger partial charge in [0.05, 0.1) is 10.0 Å². The summed E-state index contributed by atoms with van der Waals surface area (Å²) in [6.07, 6.45) is 1.79. The van der Waals surface area contributed by atoms with Gasteiger partial charge in [-0.05, 0) is 24.1 Å². The number of hydrogen-bond donors (Lipinski definition) is 2. The molecule has 0 aliphatic rings. The number of hydrogen-bond acceptors (Lipinski definition) is 4. The van der Waals surface area contributed by atoms with E-state index in [1.54, 1.807) is 37.5 Å². The van der Waals surface area contributed by atoms with Crippen LogP contribution in [0.3, 0.4) is 0 Å². The molecule has 1 heterocycles. The molecule has 0 saturated heterocycles. The molecule has 3 aromatic rings. The van der Waals surface area contributed by atoms with Crippen molar-refractivity contribution in [1.29, 1.82) is 0 Å². The van der Waals surface area contributed by atoms with Crippen molar-refractivity contribution in [1.82, 2.24) is 14.5 Å². The molecule has 0 radical (unpaired) electrons. The van der Waals surface area contributed by atoms with Crippen LogP contribution in [0.25, 0.3) is 0 Å². The Balaban J connectivity index is 1.90. The van der Waals surface area contributed by atoms with Gasteiger partial charge in [0.15, 0.2) is 5.82 Å². The van der Waals surface area contributed by atoms with Crippen LogP contribution in [0.1, 0.15) is 5.56 Å². The van der Waals surface area contributed by atoms with Gasteiger partial charge in [-0.1, -0.05) is 59.6 Å². The molecule has 2 aromatic carbocycles. The third kappa shape index (κ3) is 5.36. The summed E-state index contributed by atoms with van der Waals surface area (Å²) in [4.78, 5) is 12.6. The molecule has 0 saturated carbocycles. The van der Waals surface area contributed by atoms with Crippen molar-refractivity contribution in [2.75, 3.05) is 5.32 Å². The first-order valence-corrected chi connectivity index (χ1v) is 10.8. The maximum Gasteiger partial charge on any atom is 0.244 e. The van der Waals surface area contributed by atoms with E-state index >= 15 is 0 Å². The van der Waals surface area contributed by atoms with Gasteiger partial charge in [0.1, 0.15) is 10.9 Å². The van der Waals surface area contributed by atoms with Crippen molar-refractivity contribution >= 4 is 45.0 Å². The number of aryl methyl sites for hydroxylation is 1. The smallest absolute Gasteiger partial charge is 0.244 e. The van der Waals surface area contributed by atoms with Crippen LogP contribution in [-0.2, 0) is 28.3 Å². The van der Waals surface area contributed by atoms with Crippen molar-refractivity contribution in [3.8, 4) is 0 Å². The highest BCUT2D eigenvalue weighted by atomic mass is 35.5. The number of aromatic nitrogens is 2. The SMILES string of the molecule is Cn1ccc(NC(=O)[C@H](Cc2ccccc2)NS(=O)(=O)c2c(Cl)cccc2Cl)n1. The predicted molar refractivity (Wildman–Crippen MR) is 113 cm³/mol. The topological polar surface area (TPSA) is 93.1 Å². The number of nitrogens with zero attached hydrogens (tertiary/aromatic N) is 2. The summed E-state index contributed by atoms with van der Waals surface area (Å²) in [5, 5.41) is 6.64. The summed E-state index contributed by atoms with van der Waals surface area (Å²) in [5.41, 5.74) is 0.779. The molecule has 0 fully saturated rings. The Labute approximate surface area is 178 Å². The Kier molecular flexibility index (Phi) is 6.59. The van der Waals surface area contributed by atoms with Crippen LogP contribution in [0.4, 0.5) is 5.82 Å². The lowest BCUT2D eigenvalue weighted by Gasteiger charge is -2.19. The fourth-order valence-electron chi connectivity index (χ4n) is 2.72. The van der Waals surface area contributed by atoms with Crippen molar-refractivity contribution in [3.05, 3.63) is 76.4 Å². The summed E-state index contributed by atoms with van der Waals surface area (Å²) in [6, 6.07) is 13.9. The minimum atomic E-state index is -4.17. The first kappa shape index (κ1) is 21.3. The maximum atomic E-state index is 13.0. The number of anilines is 1. The monoisotopic (exact) mass is 452 g/mol. The molecule has 29 heavy (non-hydrogen) atoms. The quantitative estimate of drug-likeness (QED) is 0.575. The second-order valence-electron chi connectivity index (χ2n) is 6.28. The average molecular weight is 453 g/mol. The molecule has 0 bridgehead atoms. The lowest BCUT2D eigenvalue weighted by molar-refractivity contribution is -0.117. The lowest BCUT2D eigenvalue weighted by Crippen LogP contribution is -2.45. The molecule has 10 heteroatoms. The van der Waals surface area contributed by atoms with Crippen LogP contribution in [-0.4, -0.2) is 30.1 Å². The first-order valence-electron chi connectivity index (χ1n) is 8.57. The highest BCUT2D eigenvalue weighted by Crippen LogP contribution is 2.29. The number of carbonyl (C=O) groups is 1. The van der Waals surface area contributed by atoms with Crippen LogP contribution in [0.15, 0.2) is 65.7 Å². The number of carbonyl (C=O) groups excluding carboxylic acids is 1. The van der Waals surface area contributed by atoms with Crippen molar-refractivity contribution < 1.29 is 13.2 Å². The molecule has 1 amide bonds. The van der Waals surface area contributed by atoms with E-state index in [-0.39, 0.29) is 21.4 Å². The zero-order valence-electron chi connectivity index (χ0n) is 15.3. The zero-order valence-corrected chi connectivity index (χ0v) is 17.7. The Bertz CT molecular complexity index is 1100. The first-order chi connectivity index (χ1) is 13.8. The Hall–Kier alpha value is -2.39. The van der Waals surface area contributed by atoms with Crippen molar-refractivity contribution in [2.45, 2.75) is 17.4 Å². The average Bonchev–Trinajstić information content (AvgIpc) is 3.06. The molecule has 0 aliphatic carbocycles. The van der Waals surface area contributed by atoms with E-state index in [1.807, 2.05) is 18.2 Å². The number of rotatable bonds is 7. The van der Waals surface area contributed by atoms with Gasteiger partial charge in [0, 0.05) is 19.3 Å². The molecule has 0 spiro atoms. The van der Waals surface area contributed by atoms with Gasteiger partial charge in [-0.3, -0.25) is 9.48 Å². The summed E-state index contributed by atoms with van der Waals surface area (Å²) >= 11 is 12.1. The van der Waals surface area contributed by atoms with Gasteiger partial charge in [-0.15, -0.1) is 0 Å². The summed E-state index contributed by atoms with van der Waals surface area (Å²) in [7, 11) is -2.47. The number of benzene rings is 2. The Morgan fingerprint density at radius 3 is 2.31 bits per heavy atom. The second-order valence-corrected chi connectivity index (χ2v) is 8.74. The van der Waals surface area contributed by atoms with E-state index in [0.717, 1.165) is 5.56 Å². The normalized spacial score (nSPS) is 12.5. The van der Waals surface area contributed by atoms with Crippen LogP contribution in [0.5, 0.6) is 0 Å². The highest BCUT2D eigenvalue weighted by Gasteiger charge is 2.29. The summed E-state index contributed by atoms with van der Waals surface area (Å²) < 4.78 is 29.9. The van der Waals surface area contributed by atoms with E-state index in [2.05, 4.69) is 15.1 Å². The number of sulfonamides is 1. The Morgan fingerprint density at radius 2 is 1.72 bits per heavy atom. The van der Waals surface area contributed by atoms with E-state index in [1.165, 1.54) is 16.8 Å². The highest BCUT2D eigenvalue weighted by molar-refractivity contribution is 7.89. The Morgan fingerprint density at radius 1 is 1.07 bits per heavy atom. The minimum Gasteiger partial charge on any atom is -0.308 e. The molecule has 152 valence electrons. The van der Waals surface area contributed by atoms with Crippen molar-refractivity contribution in [2.24, 2.45) is 7.05 Å². The van der Waals surface area contributed by atoms with E-state index < -0.39 is 22.0 Å². The van der Waals surface area contributed by atoms with Crippen LogP contribution < -0.4 is 10.0 Å². The number of halogens is 2. The predicted octanol–water partition coefficient (Wildman–Crippen LogP) is 3.26. The summed E-state index contributed by atoms with van der Waals surface area (Å²) in [6.45, 7) is 0. The van der Waals surface area contributed by atoms with Gasteiger partial charge in [-0.2, -0.15) is 9.82 Å². The van der Waals surface area contributed by atoms with E-state index in [9.17, 15) is 13.2 Å². The fraction of sp³-hybridized carbons (Fsp3) is 0.158. The minimum absolute atomic E-state index is 0.0337. The molecule has 0 unspecified atom stereocenters. The molecule has 0 aliphatic heterocycles. The van der Waals surface area contributed by atoms with Gasteiger partial charge in [0.25, 0.3) is 0 Å². The molecular formula is C19H18Cl2N4O3S. The zero-order chi connectivity index (χ0) is 21.0. The third-order valence-electron chi connectivity index (χ3n) is 4.05. The standard InChI is InChI=1S/C19H18Cl2N4O3S/c1-25-11-10-17(23-25)22-19(26)16(12-13-6-3-2-4-7-13)24-29(27,28)18-14(20)8-5-9-15(18)21/h2-11,16,24H,12H2,1H3,(H,22,23,26)/t16-/m0/s1. The van der Waals surface area contributed by atoms with Crippen LogP contribution in [0.2, 0.25) is 10.0 Å². The third-order valence-corrected chi connectivity index (χ3v) is 6.48. The van der Waals surface area contributed by atoms with Gasteiger partial charge in [0.2, 0.25) is 15.9 Å². The van der Waals surface area contributed by atoms with Gasteiger partial charge in [-0.25, -0.2) is 8.42 Å². The molecule has 1 atom stereocenters. The van der Waals surface area contributed by atoms with Crippen LogP contribution >= 0.6 is 23.2 Å². The lowest BCUT2D eigenvalue weighted by atomic mass is 10.1. The van der Waals surface area contributed by atoms with Crippen molar-refractivity contribution in [3.63, 3.8) is 0 Å². The van der Waals surface area contributed by atoms with E-state index in [4.69, 9.17) is 23.2 Å². The molecule has 7 nitrogen and oxygen atoms in total. The molecule has 3 rings (SSSR count). The molecular weight excluding hydrogens is 435 g/mol. The fourth-order valence-corrected chi connectivity index (χ4v) is 5.06. The van der Waals surface area contributed by atoms with Gasteiger partial charge >= 0.3 is 0 Å². The number of nitrogens with one attached hydrogen (secondary N) is 2. The molecule has 1 aromatic heterocycles.